The predicted octanol–water partition coefficient (Wildman–Crippen LogP) is 2.19. The van der Waals surface area contributed by atoms with E-state index >= 15 is 0 Å². The first kappa shape index (κ1) is 11.5. The van der Waals surface area contributed by atoms with Crippen LogP contribution in [0.3, 0.4) is 0 Å². The van der Waals surface area contributed by atoms with Gasteiger partial charge in [-0.05, 0) is 12.8 Å². The van der Waals surface area contributed by atoms with Gasteiger partial charge in [0.1, 0.15) is 0 Å². The average Bonchev–Trinajstić information content (AvgIpc) is 2.04. The van der Waals surface area contributed by atoms with E-state index in [4.69, 9.17) is 0 Å². The molecular formula is C10H21NO. The van der Waals surface area contributed by atoms with E-state index in [9.17, 15) is 4.79 Å². The largest absolute Gasteiger partial charge is 0.356 e. The Hall–Kier alpha value is -0.530. The highest BCUT2D eigenvalue weighted by Gasteiger charge is 2.18. The maximum atomic E-state index is 11.3. The van der Waals surface area contributed by atoms with E-state index in [0.717, 1.165) is 19.4 Å². The molecule has 0 radical (unpaired) electrons. The fourth-order valence-electron chi connectivity index (χ4n) is 1.30. The molecule has 0 aromatic rings. The van der Waals surface area contributed by atoms with Crippen molar-refractivity contribution in [1.82, 2.24) is 5.32 Å². The first-order chi connectivity index (χ1) is 5.63. The van der Waals surface area contributed by atoms with Gasteiger partial charge in [-0.1, -0.05) is 33.6 Å². The van der Waals surface area contributed by atoms with Crippen LogP contribution in [0.2, 0.25) is 0 Å². The number of carbonyl (C=O) groups is 1. The maximum absolute atomic E-state index is 11.3. The summed E-state index contributed by atoms with van der Waals surface area (Å²) >= 11 is 0. The molecule has 0 heterocycles. The topological polar surface area (TPSA) is 29.1 Å². The molecule has 0 bridgehead atoms. The normalized spacial score (nSPS) is 15.3. The summed E-state index contributed by atoms with van der Waals surface area (Å²) in [5, 5.41) is 2.85. The number of nitrogens with one attached hydrogen (secondary N) is 1. The molecule has 0 saturated heterocycles. The molecule has 0 aromatic heterocycles. The van der Waals surface area contributed by atoms with Gasteiger partial charge in [0, 0.05) is 12.5 Å². The van der Waals surface area contributed by atoms with E-state index in [1.54, 1.807) is 0 Å². The lowest BCUT2D eigenvalue weighted by atomic mass is 9.91. The summed E-state index contributed by atoms with van der Waals surface area (Å²) < 4.78 is 0. The Balaban J connectivity index is 3.82. The Kier molecular flexibility index (Phi) is 5.77. The predicted molar refractivity (Wildman–Crippen MR) is 51.9 cm³/mol. The number of hydrogen-bond donors (Lipinski definition) is 1. The second-order valence-corrected chi connectivity index (χ2v) is 3.45. The molecule has 12 heavy (non-hydrogen) atoms. The van der Waals surface area contributed by atoms with Gasteiger partial charge in [-0.15, -0.1) is 0 Å². The van der Waals surface area contributed by atoms with Gasteiger partial charge >= 0.3 is 0 Å². The summed E-state index contributed by atoms with van der Waals surface area (Å²) in [5.74, 6) is 0.852. The van der Waals surface area contributed by atoms with Crippen molar-refractivity contribution in [3.8, 4) is 0 Å². The number of hydrogen-bond acceptors (Lipinski definition) is 1. The summed E-state index contributed by atoms with van der Waals surface area (Å²) in [5.41, 5.74) is 0. The molecule has 2 atom stereocenters. The van der Waals surface area contributed by atoms with Crippen molar-refractivity contribution in [3.05, 3.63) is 0 Å². The van der Waals surface area contributed by atoms with Crippen LogP contribution in [0.25, 0.3) is 0 Å². The smallest absolute Gasteiger partial charge is 0.223 e. The third-order valence-electron chi connectivity index (χ3n) is 2.36. The van der Waals surface area contributed by atoms with Crippen molar-refractivity contribution in [2.45, 2.75) is 40.5 Å². The van der Waals surface area contributed by atoms with Crippen LogP contribution in [0, 0.1) is 11.8 Å². The van der Waals surface area contributed by atoms with Gasteiger partial charge < -0.3 is 5.32 Å². The van der Waals surface area contributed by atoms with Crippen LogP contribution >= 0.6 is 0 Å². The van der Waals surface area contributed by atoms with E-state index in [2.05, 4.69) is 19.2 Å². The molecule has 0 fully saturated rings. The zero-order valence-electron chi connectivity index (χ0n) is 8.68. The van der Waals surface area contributed by atoms with Crippen molar-refractivity contribution in [1.29, 1.82) is 0 Å². The highest BCUT2D eigenvalue weighted by molar-refractivity contribution is 5.78. The molecule has 2 nitrogen and oxygen atoms in total. The second-order valence-electron chi connectivity index (χ2n) is 3.45. The molecule has 0 spiro atoms. The molecule has 0 aliphatic rings. The van der Waals surface area contributed by atoms with Crippen molar-refractivity contribution < 1.29 is 4.79 Å². The summed E-state index contributed by atoms with van der Waals surface area (Å²) in [6.07, 6.45) is 2.29. The fraction of sp³-hybridized carbons (Fsp3) is 0.900. The number of carbonyl (C=O) groups excluding carboxylic acids is 1. The first-order valence-corrected chi connectivity index (χ1v) is 4.91. The Bertz CT molecular complexity index is 134. The van der Waals surface area contributed by atoms with Gasteiger partial charge in [0.2, 0.25) is 5.91 Å². The Morgan fingerprint density at radius 1 is 1.33 bits per heavy atom. The quantitative estimate of drug-likeness (QED) is 0.675. The highest BCUT2D eigenvalue weighted by atomic mass is 16.1. The van der Waals surface area contributed by atoms with Gasteiger partial charge in [-0.3, -0.25) is 4.79 Å². The Morgan fingerprint density at radius 2 is 1.92 bits per heavy atom. The van der Waals surface area contributed by atoms with Crippen LogP contribution in [-0.2, 0) is 4.79 Å². The van der Waals surface area contributed by atoms with Crippen LogP contribution < -0.4 is 5.32 Å². The Morgan fingerprint density at radius 3 is 2.33 bits per heavy atom. The molecular weight excluding hydrogens is 150 g/mol. The zero-order valence-corrected chi connectivity index (χ0v) is 8.68. The summed E-state index contributed by atoms with van der Waals surface area (Å²) in [6, 6.07) is 0. The van der Waals surface area contributed by atoms with E-state index in [1.807, 2.05) is 13.8 Å². The summed E-state index contributed by atoms with van der Waals surface area (Å²) in [6.45, 7) is 8.99. The summed E-state index contributed by atoms with van der Waals surface area (Å²) in [4.78, 5) is 11.3. The monoisotopic (exact) mass is 171 g/mol. The van der Waals surface area contributed by atoms with Gasteiger partial charge in [-0.2, -0.15) is 0 Å². The lowest BCUT2D eigenvalue weighted by Crippen LogP contribution is -2.32. The lowest BCUT2D eigenvalue weighted by molar-refractivity contribution is -0.125. The van der Waals surface area contributed by atoms with E-state index in [-0.39, 0.29) is 11.8 Å². The molecule has 1 N–H and O–H groups in total. The van der Waals surface area contributed by atoms with Crippen molar-refractivity contribution in [2.75, 3.05) is 6.54 Å². The Labute approximate surface area is 75.7 Å². The van der Waals surface area contributed by atoms with Crippen LogP contribution in [0.5, 0.6) is 0 Å². The lowest BCUT2D eigenvalue weighted by Gasteiger charge is -2.17. The maximum Gasteiger partial charge on any atom is 0.223 e. The molecule has 0 aliphatic heterocycles. The van der Waals surface area contributed by atoms with Crippen LogP contribution in [-0.4, -0.2) is 12.5 Å². The van der Waals surface area contributed by atoms with Crippen LogP contribution in [0.1, 0.15) is 40.5 Å². The molecule has 0 aliphatic carbocycles. The number of amides is 1. The minimum Gasteiger partial charge on any atom is -0.356 e. The van der Waals surface area contributed by atoms with Crippen LogP contribution in [0.4, 0.5) is 0 Å². The summed E-state index contributed by atoms with van der Waals surface area (Å²) in [7, 11) is 0. The van der Waals surface area contributed by atoms with Gasteiger partial charge in [-0.25, -0.2) is 0 Å². The fourth-order valence-corrected chi connectivity index (χ4v) is 1.30. The third kappa shape index (κ3) is 3.74. The third-order valence-corrected chi connectivity index (χ3v) is 2.36. The SMILES string of the molecule is CCCC(C)C(C)C(=O)NCC. The standard InChI is InChI=1S/C10H21NO/c1-5-7-8(3)9(4)10(12)11-6-2/h8-9H,5-7H2,1-4H3,(H,11,12). The van der Waals surface area contributed by atoms with Gasteiger partial charge in [0.25, 0.3) is 0 Å². The molecule has 2 heteroatoms. The van der Waals surface area contributed by atoms with Crippen molar-refractivity contribution in [2.24, 2.45) is 11.8 Å². The minimum absolute atomic E-state index is 0.157. The molecule has 72 valence electrons. The average molecular weight is 171 g/mol. The molecule has 0 aromatic carbocycles. The van der Waals surface area contributed by atoms with E-state index in [0.29, 0.717) is 5.92 Å². The van der Waals surface area contributed by atoms with Gasteiger partial charge in [0.05, 0.1) is 0 Å². The molecule has 1 amide bonds. The van der Waals surface area contributed by atoms with Crippen LogP contribution in [0.15, 0.2) is 0 Å². The molecule has 0 rings (SSSR count). The molecule has 0 saturated carbocycles. The second kappa shape index (κ2) is 6.04. The molecule has 2 unspecified atom stereocenters. The highest BCUT2D eigenvalue weighted by Crippen LogP contribution is 2.16. The van der Waals surface area contributed by atoms with Gasteiger partial charge in [0.15, 0.2) is 0 Å². The minimum atomic E-state index is 0.157. The van der Waals surface area contributed by atoms with E-state index < -0.39 is 0 Å². The van der Waals surface area contributed by atoms with E-state index in [1.165, 1.54) is 0 Å². The van der Waals surface area contributed by atoms with Crippen molar-refractivity contribution >= 4 is 5.91 Å². The zero-order chi connectivity index (χ0) is 9.56. The number of rotatable bonds is 5. The van der Waals surface area contributed by atoms with Crippen molar-refractivity contribution in [3.63, 3.8) is 0 Å². The first-order valence-electron chi connectivity index (χ1n) is 4.91.